The number of phenolic OH excluding ortho intramolecular Hbond substituents is 1. The first-order valence-corrected chi connectivity index (χ1v) is 13.6. The smallest absolute Gasteiger partial charge is 0.335 e. The molecule has 0 spiro atoms. The van der Waals surface area contributed by atoms with Gasteiger partial charge in [-0.3, -0.25) is 0 Å². The van der Waals surface area contributed by atoms with Crippen LogP contribution in [0.2, 0.25) is 0 Å². The van der Waals surface area contributed by atoms with Gasteiger partial charge in [-0.15, -0.1) is 0 Å². The summed E-state index contributed by atoms with van der Waals surface area (Å²) in [6.07, 6.45) is 0. The second kappa shape index (κ2) is 11.9. The van der Waals surface area contributed by atoms with Crippen LogP contribution < -0.4 is 18.9 Å². The van der Waals surface area contributed by atoms with Crippen LogP contribution in [0, 0.1) is 0 Å². The fourth-order valence-corrected chi connectivity index (χ4v) is 5.45. The Labute approximate surface area is 243 Å². The highest BCUT2D eigenvalue weighted by Crippen LogP contribution is 2.52. The van der Waals surface area contributed by atoms with E-state index in [2.05, 4.69) is 0 Å². The monoisotopic (exact) mass is 566 g/mol. The minimum Gasteiger partial charge on any atom is -0.508 e. The van der Waals surface area contributed by atoms with E-state index in [-0.39, 0.29) is 19.1 Å². The molecule has 0 fully saturated rings. The van der Waals surface area contributed by atoms with Gasteiger partial charge >= 0.3 is 5.97 Å². The molecule has 0 radical (unpaired) electrons. The van der Waals surface area contributed by atoms with Gasteiger partial charge in [0.2, 0.25) is 6.79 Å². The maximum atomic E-state index is 13.6. The Morgan fingerprint density at radius 1 is 0.881 bits per heavy atom. The molecule has 1 atom stereocenters. The van der Waals surface area contributed by atoms with Gasteiger partial charge in [0.1, 0.15) is 23.9 Å². The van der Waals surface area contributed by atoms with Crippen molar-refractivity contribution in [2.45, 2.75) is 12.5 Å². The van der Waals surface area contributed by atoms with Crippen LogP contribution in [0.15, 0.2) is 90.5 Å². The molecule has 214 valence electrons. The molecule has 1 aliphatic carbocycles. The van der Waals surface area contributed by atoms with E-state index in [9.17, 15) is 9.90 Å². The van der Waals surface area contributed by atoms with E-state index in [0.717, 1.165) is 16.7 Å². The molecule has 42 heavy (non-hydrogen) atoms. The summed E-state index contributed by atoms with van der Waals surface area (Å²) in [6, 6.07) is 26.1. The predicted molar refractivity (Wildman–Crippen MR) is 155 cm³/mol. The summed E-state index contributed by atoms with van der Waals surface area (Å²) in [4.78, 5) is 13.6. The van der Waals surface area contributed by atoms with Gasteiger partial charge in [-0.2, -0.15) is 0 Å². The van der Waals surface area contributed by atoms with Crippen molar-refractivity contribution in [1.82, 2.24) is 0 Å². The van der Waals surface area contributed by atoms with Gasteiger partial charge in [0.05, 0.1) is 33.0 Å². The first-order chi connectivity index (χ1) is 20.6. The lowest BCUT2D eigenvalue weighted by Gasteiger charge is -2.18. The molecule has 1 heterocycles. The topological polar surface area (TPSA) is 92.7 Å². The fourth-order valence-electron chi connectivity index (χ4n) is 5.45. The molecule has 0 saturated heterocycles. The number of phenols is 1. The molecule has 8 heteroatoms. The van der Waals surface area contributed by atoms with E-state index in [1.807, 2.05) is 66.7 Å². The Morgan fingerprint density at radius 2 is 1.71 bits per heavy atom. The number of hydrogen-bond donors (Lipinski definition) is 1. The van der Waals surface area contributed by atoms with Crippen LogP contribution in [0.3, 0.4) is 0 Å². The summed E-state index contributed by atoms with van der Waals surface area (Å²) in [5.74, 6) is 1.46. The summed E-state index contributed by atoms with van der Waals surface area (Å²) in [6.45, 7) is 1.23. The molecule has 1 aliphatic heterocycles. The molecule has 4 aromatic carbocycles. The van der Waals surface area contributed by atoms with Crippen LogP contribution >= 0.6 is 0 Å². The number of carbonyl (C=O) groups excluding carboxylic acids is 1. The number of carbonyl (C=O) groups is 1. The number of hydrogen-bond acceptors (Lipinski definition) is 8. The minimum atomic E-state index is -0.490. The van der Waals surface area contributed by atoms with Gasteiger partial charge in [-0.05, 0) is 58.7 Å². The third kappa shape index (κ3) is 5.24. The van der Waals surface area contributed by atoms with E-state index in [4.69, 9.17) is 28.4 Å². The fraction of sp³-hybridized carbons (Fsp3) is 0.206. The largest absolute Gasteiger partial charge is 0.508 e. The zero-order valence-electron chi connectivity index (χ0n) is 23.3. The summed E-state index contributed by atoms with van der Waals surface area (Å²) >= 11 is 0. The Bertz CT molecular complexity index is 1640. The number of ether oxygens (including phenoxy) is 6. The van der Waals surface area contributed by atoms with Crippen LogP contribution in [0.1, 0.15) is 33.7 Å². The molecule has 0 amide bonds. The lowest BCUT2D eigenvalue weighted by Crippen LogP contribution is -2.13. The van der Waals surface area contributed by atoms with Crippen molar-refractivity contribution in [2.24, 2.45) is 0 Å². The van der Waals surface area contributed by atoms with E-state index in [0.29, 0.717) is 58.5 Å². The highest BCUT2D eigenvalue weighted by molar-refractivity contribution is 6.08. The first kappa shape index (κ1) is 27.2. The molecule has 0 bridgehead atoms. The molecule has 8 nitrogen and oxygen atoms in total. The quantitative estimate of drug-likeness (QED) is 0.189. The van der Waals surface area contributed by atoms with Crippen LogP contribution in [0.5, 0.6) is 28.7 Å². The Morgan fingerprint density at radius 3 is 2.52 bits per heavy atom. The van der Waals surface area contributed by atoms with Crippen molar-refractivity contribution in [3.8, 4) is 28.7 Å². The number of aromatic hydroxyl groups is 1. The van der Waals surface area contributed by atoms with Gasteiger partial charge < -0.3 is 33.5 Å². The van der Waals surface area contributed by atoms with E-state index < -0.39 is 11.9 Å². The van der Waals surface area contributed by atoms with E-state index >= 15 is 0 Å². The molecule has 4 aromatic rings. The maximum absolute atomic E-state index is 13.6. The molecule has 0 unspecified atom stereocenters. The normalized spacial score (nSPS) is 15.0. The molecule has 2 aliphatic rings. The van der Waals surface area contributed by atoms with Gasteiger partial charge in [0.15, 0.2) is 11.5 Å². The van der Waals surface area contributed by atoms with Crippen molar-refractivity contribution in [3.05, 3.63) is 118 Å². The number of benzene rings is 4. The Kier molecular flexibility index (Phi) is 7.70. The van der Waals surface area contributed by atoms with Crippen LogP contribution in [0.25, 0.3) is 5.57 Å². The second-order valence-corrected chi connectivity index (χ2v) is 9.85. The Balaban J connectivity index is 1.40. The lowest BCUT2D eigenvalue weighted by molar-refractivity contribution is -0.136. The zero-order chi connectivity index (χ0) is 29.1. The highest BCUT2D eigenvalue weighted by atomic mass is 16.7. The average Bonchev–Trinajstić information content (AvgIpc) is 3.62. The summed E-state index contributed by atoms with van der Waals surface area (Å²) in [5, 5.41) is 10.5. The summed E-state index contributed by atoms with van der Waals surface area (Å²) in [5.41, 5.74) is 5.14. The van der Waals surface area contributed by atoms with Crippen molar-refractivity contribution >= 4 is 11.5 Å². The van der Waals surface area contributed by atoms with Gasteiger partial charge in [-0.25, -0.2) is 4.79 Å². The lowest BCUT2D eigenvalue weighted by atomic mass is 9.87. The molecular formula is C34H30O8. The molecule has 1 N–H and O–H groups in total. The van der Waals surface area contributed by atoms with Crippen molar-refractivity contribution in [3.63, 3.8) is 0 Å². The third-order valence-electron chi connectivity index (χ3n) is 7.37. The third-order valence-corrected chi connectivity index (χ3v) is 7.37. The summed E-state index contributed by atoms with van der Waals surface area (Å²) in [7, 11) is 2.94. The predicted octanol–water partition coefficient (Wildman–Crippen LogP) is 5.85. The van der Waals surface area contributed by atoms with Gasteiger partial charge in [-0.1, -0.05) is 42.5 Å². The molecular weight excluding hydrogens is 536 g/mol. The number of methoxy groups -OCH3 is 2. The average molecular weight is 567 g/mol. The number of rotatable bonds is 10. The van der Waals surface area contributed by atoms with Crippen LogP contribution in [-0.4, -0.2) is 45.3 Å². The van der Waals surface area contributed by atoms with Crippen molar-refractivity contribution < 1.29 is 38.3 Å². The van der Waals surface area contributed by atoms with Crippen molar-refractivity contribution in [1.29, 1.82) is 0 Å². The zero-order valence-corrected chi connectivity index (χ0v) is 23.3. The van der Waals surface area contributed by atoms with E-state index in [1.165, 1.54) is 7.11 Å². The number of esters is 1. The van der Waals surface area contributed by atoms with Crippen molar-refractivity contribution in [2.75, 3.05) is 34.2 Å². The SMILES string of the molecule is COC(=O)C1=C(c2ccc(OC)cc2OCCOCc2ccccc2)c2cc(O)ccc2[C@@H]1c1ccc2c(c1)OCO2. The number of fused-ring (bicyclic) bond motifs is 2. The summed E-state index contributed by atoms with van der Waals surface area (Å²) < 4.78 is 34.0. The Hall–Kier alpha value is -4.95. The van der Waals surface area contributed by atoms with Gasteiger partial charge in [0, 0.05) is 23.1 Å². The second-order valence-electron chi connectivity index (χ2n) is 9.85. The maximum Gasteiger partial charge on any atom is 0.335 e. The van der Waals surface area contributed by atoms with Gasteiger partial charge in [0.25, 0.3) is 0 Å². The van der Waals surface area contributed by atoms with Crippen LogP contribution in [0.4, 0.5) is 0 Å². The standard InChI is InChI=1S/C34H30O8/c1-37-24-10-12-26(29(18-24)40-15-14-39-19-21-6-4-3-5-7-21)32-27-17-23(35)9-11-25(27)31(33(32)34(36)38-2)22-8-13-28-30(16-22)42-20-41-28/h3-13,16-18,31,35H,14-15,19-20H2,1-2H3/t31-/m0/s1. The highest BCUT2D eigenvalue weighted by Gasteiger charge is 2.39. The molecule has 0 saturated carbocycles. The molecule has 0 aromatic heterocycles. The van der Waals surface area contributed by atoms with E-state index in [1.54, 1.807) is 25.3 Å². The first-order valence-electron chi connectivity index (χ1n) is 13.6. The van der Waals surface area contributed by atoms with Crippen LogP contribution in [-0.2, 0) is 20.9 Å². The molecule has 6 rings (SSSR count). The minimum absolute atomic E-state index is 0.0760.